The van der Waals surface area contributed by atoms with E-state index < -0.39 is 23.4 Å². The smallest absolute Gasteiger partial charge is 0.340 e. The highest BCUT2D eigenvalue weighted by atomic mass is 35.5. The lowest BCUT2D eigenvalue weighted by molar-refractivity contribution is -0.384. The van der Waals surface area contributed by atoms with Crippen LogP contribution in [-0.2, 0) is 19.1 Å². The molecule has 1 amide bonds. The number of amides is 1. The third-order valence-corrected chi connectivity index (χ3v) is 3.23. The second kappa shape index (κ2) is 10.2. The minimum atomic E-state index is -0.949. The van der Waals surface area contributed by atoms with Gasteiger partial charge in [-0.1, -0.05) is 11.6 Å². The van der Waals surface area contributed by atoms with Crippen LogP contribution >= 0.6 is 11.6 Å². The Labute approximate surface area is 148 Å². The zero-order valence-corrected chi connectivity index (χ0v) is 14.2. The lowest BCUT2D eigenvalue weighted by Gasteiger charge is -2.07. The van der Waals surface area contributed by atoms with E-state index in [1.54, 1.807) is 6.92 Å². The summed E-state index contributed by atoms with van der Waals surface area (Å²) in [7, 11) is 0. The summed E-state index contributed by atoms with van der Waals surface area (Å²) < 4.78 is 9.51. The van der Waals surface area contributed by atoms with E-state index in [0.717, 1.165) is 12.1 Å². The molecule has 0 bridgehead atoms. The first-order chi connectivity index (χ1) is 11.8. The lowest BCUT2D eigenvalue weighted by Crippen LogP contribution is -2.30. The van der Waals surface area contributed by atoms with Crippen molar-refractivity contribution < 1.29 is 28.8 Å². The zero-order chi connectivity index (χ0) is 18.8. The van der Waals surface area contributed by atoms with E-state index in [9.17, 15) is 24.5 Å². The van der Waals surface area contributed by atoms with E-state index in [0.29, 0.717) is 13.0 Å². The lowest BCUT2D eigenvalue weighted by atomic mass is 10.2. The second-order valence-corrected chi connectivity index (χ2v) is 5.16. The molecule has 0 saturated heterocycles. The van der Waals surface area contributed by atoms with Gasteiger partial charge in [0.25, 0.3) is 11.6 Å². The van der Waals surface area contributed by atoms with Crippen LogP contribution in [0.1, 0.15) is 30.1 Å². The minimum absolute atomic E-state index is 0.0227. The third-order valence-electron chi connectivity index (χ3n) is 2.90. The van der Waals surface area contributed by atoms with Crippen LogP contribution in [0.4, 0.5) is 5.69 Å². The van der Waals surface area contributed by atoms with Gasteiger partial charge in [-0.15, -0.1) is 0 Å². The quantitative estimate of drug-likeness (QED) is 0.303. The Morgan fingerprint density at radius 1 is 1.28 bits per heavy atom. The third kappa shape index (κ3) is 7.17. The molecule has 10 heteroatoms. The van der Waals surface area contributed by atoms with Crippen LogP contribution in [0.5, 0.6) is 0 Å². The number of carbonyl (C=O) groups excluding carboxylic acids is 3. The highest BCUT2D eigenvalue weighted by Crippen LogP contribution is 2.22. The van der Waals surface area contributed by atoms with Crippen LogP contribution in [0.25, 0.3) is 0 Å². The highest BCUT2D eigenvalue weighted by molar-refractivity contribution is 6.33. The van der Waals surface area contributed by atoms with Crippen molar-refractivity contribution in [3.63, 3.8) is 0 Å². The summed E-state index contributed by atoms with van der Waals surface area (Å²) in [6.45, 7) is 1.63. The number of esters is 2. The van der Waals surface area contributed by atoms with Crippen molar-refractivity contribution >= 4 is 35.1 Å². The first kappa shape index (κ1) is 20.4. The molecule has 136 valence electrons. The molecular weight excluding hydrogens is 356 g/mol. The van der Waals surface area contributed by atoms with E-state index in [-0.39, 0.29) is 35.2 Å². The van der Waals surface area contributed by atoms with E-state index >= 15 is 0 Å². The maximum Gasteiger partial charge on any atom is 0.340 e. The van der Waals surface area contributed by atoms with Crippen molar-refractivity contribution in [2.75, 3.05) is 19.8 Å². The van der Waals surface area contributed by atoms with Crippen molar-refractivity contribution in [2.24, 2.45) is 0 Å². The van der Waals surface area contributed by atoms with E-state index in [4.69, 9.17) is 21.1 Å². The Morgan fingerprint density at radius 2 is 2.00 bits per heavy atom. The standard InChI is InChI=1S/C15H17ClN2O7/c1-2-24-14(20)4-3-7-17-13(19)9-25-15(21)11-8-10(18(22)23)5-6-12(11)16/h5-6,8H,2-4,7,9H2,1H3,(H,17,19). The molecule has 1 N–H and O–H groups in total. The SMILES string of the molecule is CCOC(=O)CCCNC(=O)COC(=O)c1cc([N+](=O)[O-])ccc1Cl. The number of hydrogen-bond acceptors (Lipinski definition) is 7. The predicted octanol–water partition coefficient (Wildman–Crippen LogP) is 1.86. The molecule has 9 nitrogen and oxygen atoms in total. The maximum atomic E-state index is 11.9. The summed E-state index contributed by atoms with van der Waals surface area (Å²) in [6.07, 6.45) is 0.548. The van der Waals surface area contributed by atoms with Crippen molar-refractivity contribution in [3.8, 4) is 0 Å². The Hall–Kier alpha value is -2.68. The van der Waals surface area contributed by atoms with Crippen LogP contribution in [0.2, 0.25) is 5.02 Å². The molecule has 0 radical (unpaired) electrons. The van der Waals surface area contributed by atoms with Gasteiger partial charge in [0.05, 0.1) is 22.1 Å². The van der Waals surface area contributed by atoms with Crippen LogP contribution < -0.4 is 5.32 Å². The number of nitrogens with zero attached hydrogens (tertiary/aromatic N) is 1. The summed E-state index contributed by atoms with van der Waals surface area (Å²) in [5, 5.41) is 13.1. The summed E-state index contributed by atoms with van der Waals surface area (Å²) in [5.41, 5.74) is -0.522. The van der Waals surface area contributed by atoms with Gasteiger partial charge in [0.1, 0.15) is 0 Å². The van der Waals surface area contributed by atoms with E-state index in [1.807, 2.05) is 0 Å². The molecule has 0 spiro atoms. The first-order valence-electron chi connectivity index (χ1n) is 7.38. The largest absolute Gasteiger partial charge is 0.466 e. The van der Waals surface area contributed by atoms with Gasteiger partial charge in [-0.3, -0.25) is 19.7 Å². The number of nitro groups is 1. The number of nitrogens with one attached hydrogen (secondary N) is 1. The molecule has 0 atom stereocenters. The Kier molecular flexibility index (Phi) is 8.34. The van der Waals surface area contributed by atoms with Crippen molar-refractivity contribution in [1.29, 1.82) is 0 Å². The summed E-state index contributed by atoms with van der Waals surface area (Å²) in [5.74, 6) is -1.88. The van der Waals surface area contributed by atoms with Crippen LogP contribution in [0, 0.1) is 10.1 Å². The van der Waals surface area contributed by atoms with Gasteiger partial charge < -0.3 is 14.8 Å². The normalized spacial score (nSPS) is 10.0. The highest BCUT2D eigenvalue weighted by Gasteiger charge is 2.18. The van der Waals surface area contributed by atoms with Gasteiger partial charge in [-0.2, -0.15) is 0 Å². The number of non-ortho nitro benzene ring substituents is 1. The molecule has 1 aromatic carbocycles. The number of ether oxygens (including phenoxy) is 2. The fourth-order valence-corrected chi connectivity index (χ4v) is 1.93. The average Bonchev–Trinajstić information content (AvgIpc) is 2.57. The second-order valence-electron chi connectivity index (χ2n) is 4.76. The van der Waals surface area contributed by atoms with Crippen LogP contribution in [0.15, 0.2) is 18.2 Å². The summed E-state index contributed by atoms with van der Waals surface area (Å²) >= 11 is 5.80. The Morgan fingerprint density at radius 3 is 2.64 bits per heavy atom. The minimum Gasteiger partial charge on any atom is -0.466 e. The summed E-state index contributed by atoms with van der Waals surface area (Å²) in [6, 6.07) is 3.32. The van der Waals surface area contributed by atoms with Crippen molar-refractivity contribution in [2.45, 2.75) is 19.8 Å². The average molecular weight is 373 g/mol. The summed E-state index contributed by atoms with van der Waals surface area (Å²) in [4.78, 5) is 44.6. The molecule has 1 aromatic rings. The number of rotatable bonds is 9. The van der Waals surface area contributed by atoms with Crippen LogP contribution in [0.3, 0.4) is 0 Å². The van der Waals surface area contributed by atoms with Gasteiger partial charge in [0, 0.05) is 25.1 Å². The monoisotopic (exact) mass is 372 g/mol. The van der Waals surface area contributed by atoms with Crippen LogP contribution in [-0.4, -0.2) is 42.5 Å². The van der Waals surface area contributed by atoms with Gasteiger partial charge in [0.2, 0.25) is 0 Å². The molecule has 0 aliphatic carbocycles. The number of hydrogen-bond donors (Lipinski definition) is 1. The van der Waals surface area contributed by atoms with Crippen molar-refractivity contribution in [3.05, 3.63) is 38.9 Å². The van der Waals surface area contributed by atoms with Gasteiger partial charge in [-0.05, 0) is 19.4 Å². The molecule has 0 unspecified atom stereocenters. The number of nitro benzene ring substituents is 1. The molecule has 0 aromatic heterocycles. The van der Waals surface area contributed by atoms with Gasteiger partial charge in [0.15, 0.2) is 6.61 Å². The first-order valence-corrected chi connectivity index (χ1v) is 7.76. The molecule has 25 heavy (non-hydrogen) atoms. The Balaban J connectivity index is 2.41. The number of carbonyl (C=O) groups is 3. The van der Waals surface area contributed by atoms with E-state index in [2.05, 4.69) is 5.32 Å². The molecule has 0 aliphatic rings. The zero-order valence-electron chi connectivity index (χ0n) is 13.5. The van der Waals surface area contributed by atoms with Crippen molar-refractivity contribution in [1.82, 2.24) is 5.32 Å². The fraction of sp³-hybridized carbons (Fsp3) is 0.400. The molecule has 0 heterocycles. The number of halogens is 1. The number of benzene rings is 1. The van der Waals surface area contributed by atoms with Gasteiger partial charge in [-0.25, -0.2) is 4.79 Å². The maximum absolute atomic E-state index is 11.9. The molecular formula is C15H17ClN2O7. The topological polar surface area (TPSA) is 125 Å². The van der Waals surface area contributed by atoms with Gasteiger partial charge >= 0.3 is 11.9 Å². The molecule has 0 fully saturated rings. The molecule has 1 rings (SSSR count). The van der Waals surface area contributed by atoms with E-state index in [1.165, 1.54) is 6.07 Å². The fourth-order valence-electron chi connectivity index (χ4n) is 1.74. The predicted molar refractivity (Wildman–Crippen MR) is 87.3 cm³/mol. The molecule has 0 aliphatic heterocycles. The molecule has 0 saturated carbocycles. The Bertz CT molecular complexity index is 663.